The molecular weight excluding hydrogens is 282 g/mol. The Bertz CT molecular complexity index is 660. The number of hydrogen-bond donors (Lipinski definition) is 1. The Hall–Kier alpha value is -1.62. The highest BCUT2D eigenvalue weighted by molar-refractivity contribution is 7.14. The van der Waals surface area contributed by atoms with E-state index in [1.807, 2.05) is 29.0 Å². The third-order valence-electron chi connectivity index (χ3n) is 3.66. The van der Waals surface area contributed by atoms with Crippen LogP contribution in [0.25, 0.3) is 11.3 Å². The van der Waals surface area contributed by atoms with Crippen molar-refractivity contribution in [2.24, 2.45) is 0 Å². The number of rotatable bonds is 6. The van der Waals surface area contributed by atoms with Gasteiger partial charge in [0.2, 0.25) is 0 Å². The lowest BCUT2D eigenvalue weighted by Crippen LogP contribution is -2.26. The van der Waals surface area contributed by atoms with Gasteiger partial charge in [-0.15, -0.1) is 11.3 Å². The van der Waals surface area contributed by atoms with Gasteiger partial charge >= 0.3 is 0 Å². The molecule has 0 aromatic carbocycles. The van der Waals surface area contributed by atoms with Gasteiger partial charge in [0.1, 0.15) is 0 Å². The Morgan fingerprint density at radius 2 is 2.14 bits per heavy atom. The lowest BCUT2D eigenvalue weighted by Gasteiger charge is -2.17. The number of aromatic nitrogens is 2. The molecule has 0 fully saturated rings. The van der Waals surface area contributed by atoms with Crippen LogP contribution in [0.5, 0.6) is 0 Å². The summed E-state index contributed by atoms with van der Waals surface area (Å²) >= 11 is 1.55. The molecule has 21 heavy (non-hydrogen) atoms. The van der Waals surface area contributed by atoms with E-state index in [-0.39, 0.29) is 11.6 Å². The minimum Gasteiger partial charge on any atom is -0.362 e. The zero-order valence-corrected chi connectivity index (χ0v) is 14.0. The standard InChI is InChI=1S/C16H23N3OS/c1-5-9-17-16-18-14(10-21-16)13-8-7-12(4)19(15(13)20)11(3)6-2/h7-8,10-11H,5-6,9H2,1-4H3,(H,17,18). The second-order valence-corrected chi connectivity index (χ2v) is 6.14. The third kappa shape index (κ3) is 3.35. The molecule has 1 atom stereocenters. The third-order valence-corrected chi connectivity index (χ3v) is 4.46. The van der Waals surface area contributed by atoms with Crippen LogP contribution in [0.1, 0.15) is 45.3 Å². The number of thiazole rings is 1. The van der Waals surface area contributed by atoms with Crippen molar-refractivity contribution in [2.45, 2.75) is 46.6 Å². The molecule has 0 amide bonds. The summed E-state index contributed by atoms with van der Waals surface area (Å²) in [5.74, 6) is 0. The van der Waals surface area contributed by atoms with E-state index in [2.05, 4.69) is 31.1 Å². The lowest BCUT2D eigenvalue weighted by atomic mass is 10.1. The van der Waals surface area contributed by atoms with E-state index < -0.39 is 0 Å². The smallest absolute Gasteiger partial charge is 0.260 e. The number of nitrogens with one attached hydrogen (secondary N) is 1. The van der Waals surface area contributed by atoms with E-state index in [1.165, 1.54) is 0 Å². The summed E-state index contributed by atoms with van der Waals surface area (Å²) in [5.41, 5.74) is 2.50. The quantitative estimate of drug-likeness (QED) is 0.875. The topological polar surface area (TPSA) is 46.9 Å². The van der Waals surface area contributed by atoms with Gasteiger partial charge in [0.25, 0.3) is 5.56 Å². The van der Waals surface area contributed by atoms with Gasteiger partial charge in [0.05, 0.1) is 11.3 Å². The molecule has 2 rings (SSSR count). The Morgan fingerprint density at radius 3 is 2.81 bits per heavy atom. The molecule has 2 aromatic rings. The summed E-state index contributed by atoms with van der Waals surface area (Å²) in [6.45, 7) is 9.17. The van der Waals surface area contributed by atoms with E-state index in [0.717, 1.165) is 35.9 Å². The highest BCUT2D eigenvalue weighted by Gasteiger charge is 2.14. The molecule has 1 unspecified atom stereocenters. The van der Waals surface area contributed by atoms with Gasteiger partial charge < -0.3 is 9.88 Å². The number of hydrogen-bond acceptors (Lipinski definition) is 4. The van der Waals surface area contributed by atoms with Gasteiger partial charge in [0.15, 0.2) is 5.13 Å². The number of pyridine rings is 1. The van der Waals surface area contributed by atoms with Crippen molar-refractivity contribution >= 4 is 16.5 Å². The Morgan fingerprint density at radius 1 is 1.38 bits per heavy atom. The molecule has 4 nitrogen and oxygen atoms in total. The molecule has 5 heteroatoms. The normalized spacial score (nSPS) is 12.4. The van der Waals surface area contributed by atoms with Crippen molar-refractivity contribution in [1.29, 1.82) is 0 Å². The predicted molar refractivity (Wildman–Crippen MR) is 90.3 cm³/mol. The summed E-state index contributed by atoms with van der Waals surface area (Å²) < 4.78 is 1.87. The molecule has 0 aliphatic heterocycles. The van der Waals surface area contributed by atoms with Crippen molar-refractivity contribution in [2.75, 3.05) is 11.9 Å². The number of anilines is 1. The van der Waals surface area contributed by atoms with E-state index in [9.17, 15) is 4.79 Å². The summed E-state index contributed by atoms with van der Waals surface area (Å²) in [5, 5.41) is 6.09. The van der Waals surface area contributed by atoms with Crippen LogP contribution >= 0.6 is 11.3 Å². The predicted octanol–water partition coefficient (Wildman–Crippen LogP) is 4.07. The highest BCUT2D eigenvalue weighted by Crippen LogP contribution is 2.23. The first-order valence-corrected chi connectivity index (χ1v) is 8.38. The monoisotopic (exact) mass is 305 g/mol. The van der Waals surface area contributed by atoms with E-state index in [0.29, 0.717) is 5.56 Å². The van der Waals surface area contributed by atoms with E-state index in [4.69, 9.17) is 0 Å². The fourth-order valence-corrected chi connectivity index (χ4v) is 3.02. The molecule has 0 bridgehead atoms. The van der Waals surface area contributed by atoms with Gasteiger partial charge in [0, 0.05) is 23.7 Å². The van der Waals surface area contributed by atoms with Gasteiger partial charge in [-0.05, 0) is 38.8 Å². The van der Waals surface area contributed by atoms with Crippen LogP contribution in [-0.2, 0) is 0 Å². The van der Waals surface area contributed by atoms with Crippen molar-refractivity contribution in [1.82, 2.24) is 9.55 Å². The first kappa shape index (κ1) is 15.8. The van der Waals surface area contributed by atoms with Crippen molar-refractivity contribution in [3.8, 4) is 11.3 Å². The van der Waals surface area contributed by atoms with Crippen LogP contribution in [-0.4, -0.2) is 16.1 Å². The number of nitrogens with zero attached hydrogens (tertiary/aromatic N) is 2. The van der Waals surface area contributed by atoms with E-state index in [1.54, 1.807) is 11.3 Å². The maximum absolute atomic E-state index is 12.7. The van der Waals surface area contributed by atoms with Crippen molar-refractivity contribution in [3.63, 3.8) is 0 Å². The van der Waals surface area contributed by atoms with E-state index >= 15 is 0 Å². The van der Waals surface area contributed by atoms with Gasteiger partial charge in [-0.2, -0.15) is 0 Å². The van der Waals surface area contributed by atoms with Crippen LogP contribution in [0.4, 0.5) is 5.13 Å². The summed E-state index contributed by atoms with van der Waals surface area (Å²) in [6.07, 6.45) is 1.99. The molecule has 0 aliphatic carbocycles. The van der Waals surface area contributed by atoms with Crippen LogP contribution in [0.3, 0.4) is 0 Å². The van der Waals surface area contributed by atoms with Crippen molar-refractivity contribution < 1.29 is 0 Å². The first-order valence-electron chi connectivity index (χ1n) is 7.50. The summed E-state index contributed by atoms with van der Waals surface area (Å²) in [7, 11) is 0. The van der Waals surface area contributed by atoms with Gasteiger partial charge in [-0.1, -0.05) is 13.8 Å². The minimum absolute atomic E-state index is 0.0525. The first-order chi connectivity index (χ1) is 10.1. The molecule has 114 valence electrons. The SMILES string of the molecule is CCCNc1nc(-c2ccc(C)n(C(C)CC)c2=O)cs1. The molecule has 0 saturated heterocycles. The zero-order valence-electron chi connectivity index (χ0n) is 13.1. The van der Waals surface area contributed by atoms with Crippen molar-refractivity contribution in [3.05, 3.63) is 33.6 Å². The van der Waals surface area contributed by atoms with Gasteiger partial charge in [-0.3, -0.25) is 4.79 Å². The maximum atomic E-state index is 12.7. The molecule has 1 N–H and O–H groups in total. The van der Waals surface area contributed by atoms with Gasteiger partial charge in [-0.25, -0.2) is 4.98 Å². The molecule has 0 aliphatic rings. The highest BCUT2D eigenvalue weighted by atomic mass is 32.1. The molecule has 0 saturated carbocycles. The fourth-order valence-electron chi connectivity index (χ4n) is 2.28. The van der Waals surface area contributed by atoms with Crippen LogP contribution in [0, 0.1) is 6.92 Å². The second kappa shape index (κ2) is 6.89. The minimum atomic E-state index is 0.0525. The van der Waals surface area contributed by atoms with Crippen LogP contribution in [0.15, 0.2) is 22.3 Å². The molecule has 2 aromatic heterocycles. The largest absolute Gasteiger partial charge is 0.362 e. The summed E-state index contributed by atoms with van der Waals surface area (Å²) in [6, 6.07) is 4.09. The molecule has 0 spiro atoms. The lowest BCUT2D eigenvalue weighted by molar-refractivity contribution is 0.503. The van der Waals surface area contributed by atoms with Crippen LogP contribution in [0.2, 0.25) is 0 Å². The fraction of sp³-hybridized carbons (Fsp3) is 0.500. The molecule has 2 heterocycles. The average molecular weight is 305 g/mol. The second-order valence-electron chi connectivity index (χ2n) is 5.29. The Balaban J connectivity index is 2.40. The maximum Gasteiger partial charge on any atom is 0.260 e. The molecular formula is C16H23N3OS. The Labute approximate surface area is 129 Å². The zero-order chi connectivity index (χ0) is 15.4. The average Bonchev–Trinajstić information content (AvgIpc) is 2.93. The molecule has 0 radical (unpaired) electrons. The number of aryl methyl sites for hydroxylation is 1. The summed E-state index contributed by atoms with van der Waals surface area (Å²) in [4.78, 5) is 17.2. The van der Waals surface area contributed by atoms with Crippen LogP contribution < -0.4 is 10.9 Å². The Kier molecular flexibility index (Phi) is 5.17.